The van der Waals surface area contributed by atoms with Gasteiger partial charge in [-0.15, -0.1) is 0 Å². The van der Waals surface area contributed by atoms with Crippen molar-refractivity contribution >= 4 is 11.6 Å². The molecule has 1 amide bonds. The molecular formula is C24H25N3O3. The molecule has 1 aliphatic rings. The minimum atomic E-state index is -0.172. The summed E-state index contributed by atoms with van der Waals surface area (Å²) in [4.78, 5) is 24.6. The summed E-state index contributed by atoms with van der Waals surface area (Å²) in [6, 6.07) is 14.8. The van der Waals surface area contributed by atoms with Gasteiger partial charge in [-0.05, 0) is 80.1 Å². The zero-order valence-electron chi connectivity index (χ0n) is 17.0. The summed E-state index contributed by atoms with van der Waals surface area (Å²) in [5.74, 6) is 0.572. The molecule has 2 aromatic carbocycles. The van der Waals surface area contributed by atoms with Crippen molar-refractivity contribution in [2.24, 2.45) is 0 Å². The van der Waals surface area contributed by atoms with Crippen molar-refractivity contribution < 1.29 is 9.53 Å². The first-order valence-electron chi connectivity index (χ1n) is 10.4. The Morgan fingerprint density at radius 3 is 2.63 bits per heavy atom. The highest BCUT2D eigenvalue weighted by molar-refractivity contribution is 6.04. The number of ether oxygens (including phenoxy) is 1. The molecule has 0 aliphatic heterocycles. The Hall–Kier alpha value is -3.41. The highest BCUT2D eigenvalue weighted by Gasteiger charge is 2.18. The number of anilines is 1. The third-order valence-corrected chi connectivity index (χ3v) is 5.37. The number of H-pyrrole nitrogens is 1. The van der Waals surface area contributed by atoms with E-state index in [1.807, 2.05) is 31.2 Å². The van der Waals surface area contributed by atoms with Gasteiger partial charge < -0.3 is 10.1 Å². The molecule has 6 nitrogen and oxygen atoms in total. The number of nitrogens with one attached hydrogen (secondary N) is 2. The van der Waals surface area contributed by atoms with Crippen molar-refractivity contribution in [1.29, 1.82) is 0 Å². The molecule has 1 aromatic heterocycles. The lowest BCUT2D eigenvalue weighted by molar-refractivity contribution is 0.102. The highest BCUT2D eigenvalue weighted by atomic mass is 16.5. The predicted molar refractivity (Wildman–Crippen MR) is 116 cm³/mol. The average molecular weight is 403 g/mol. The molecule has 4 rings (SSSR count). The van der Waals surface area contributed by atoms with Gasteiger partial charge in [0.25, 0.3) is 11.5 Å². The normalized spacial score (nSPS) is 12.8. The van der Waals surface area contributed by atoms with E-state index in [2.05, 4.69) is 15.5 Å². The number of carbonyl (C=O) groups excluding carboxylic acids is 1. The van der Waals surface area contributed by atoms with Crippen LogP contribution in [0, 0.1) is 0 Å². The Kier molecular flexibility index (Phi) is 5.93. The molecule has 6 heteroatoms. The Morgan fingerprint density at radius 1 is 1.10 bits per heavy atom. The molecule has 1 aliphatic carbocycles. The summed E-state index contributed by atoms with van der Waals surface area (Å²) in [6.45, 7) is 2.51. The first-order chi connectivity index (χ1) is 14.6. The van der Waals surface area contributed by atoms with Gasteiger partial charge in [-0.1, -0.05) is 12.1 Å². The quantitative estimate of drug-likeness (QED) is 0.654. The second-order valence-corrected chi connectivity index (χ2v) is 7.45. The summed E-state index contributed by atoms with van der Waals surface area (Å²) in [6.07, 6.45) is 4.47. The van der Waals surface area contributed by atoms with Gasteiger partial charge >= 0.3 is 0 Å². The van der Waals surface area contributed by atoms with Gasteiger partial charge in [0.1, 0.15) is 5.75 Å². The number of fused-ring (bicyclic) bond motifs is 1. The van der Waals surface area contributed by atoms with Gasteiger partial charge in [-0.3, -0.25) is 9.59 Å². The molecule has 0 unspecified atom stereocenters. The molecule has 1 heterocycles. The van der Waals surface area contributed by atoms with Crippen LogP contribution in [-0.2, 0) is 19.3 Å². The Bertz CT molecular complexity index is 1100. The van der Waals surface area contributed by atoms with Crippen LogP contribution < -0.4 is 15.6 Å². The van der Waals surface area contributed by atoms with Crippen LogP contribution in [0.2, 0.25) is 0 Å². The molecule has 0 spiro atoms. The molecular weight excluding hydrogens is 378 g/mol. The number of nitrogens with zero attached hydrogens (tertiary/aromatic N) is 1. The summed E-state index contributed by atoms with van der Waals surface area (Å²) >= 11 is 0. The number of benzene rings is 2. The van der Waals surface area contributed by atoms with E-state index in [4.69, 9.17) is 4.74 Å². The van der Waals surface area contributed by atoms with Gasteiger partial charge in [0.15, 0.2) is 0 Å². The maximum absolute atomic E-state index is 12.6. The maximum atomic E-state index is 12.6. The van der Waals surface area contributed by atoms with Crippen molar-refractivity contribution in [2.45, 2.75) is 39.0 Å². The van der Waals surface area contributed by atoms with Crippen LogP contribution >= 0.6 is 0 Å². The molecule has 0 saturated heterocycles. The van der Waals surface area contributed by atoms with E-state index < -0.39 is 0 Å². The van der Waals surface area contributed by atoms with E-state index in [9.17, 15) is 9.59 Å². The van der Waals surface area contributed by atoms with E-state index in [1.54, 1.807) is 24.3 Å². The summed E-state index contributed by atoms with van der Waals surface area (Å²) in [5.41, 5.74) is 5.15. The van der Waals surface area contributed by atoms with Crippen molar-refractivity contribution in [3.05, 3.63) is 86.8 Å². The standard InChI is InChI=1S/C24H25N3O3/c1-2-30-19-12-10-17(11-13-19)23(28)25-18-7-5-6-16(14-18)15-22-20-8-3-4-9-21(20)24(29)27-26-22/h5-7,10-14H,2-4,8-9,15H2,1H3,(H,25,28)(H,27,29). The maximum Gasteiger partial charge on any atom is 0.267 e. The number of rotatable bonds is 6. The Balaban J connectivity index is 1.49. The van der Waals surface area contributed by atoms with E-state index >= 15 is 0 Å². The molecule has 154 valence electrons. The fourth-order valence-corrected chi connectivity index (χ4v) is 3.90. The van der Waals surface area contributed by atoms with E-state index in [0.29, 0.717) is 18.6 Å². The number of amides is 1. The highest BCUT2D eigenvalue weighted by Crippen LogP contribution is 2.23. The lowest BCUT2D eigenvalue weighted by Crippen LogP contribution is -2.23. The van der Waals surface area contributed by atoms with Gasteiger partial charge in [-0.25, -0.2) is 5.10 Å². The van der Waals surface area contributed by atoms with E-state index in [1.165, 1.54) is 0 Å². The number of aromatic amines is 1. The molecule has 0 saturated carbocycles. The lowest BCUT2D eigenvalue weighted by atomic mass is 9.90. The van der Waals surface area contributed by atoms with Crippen molar-refractivity contribution in [2.75, 3.05) is 11.9 Å². The summed E-state index contributed by atoms with van der Waals surface area (Å²) < 4.78 is 5.42. The molecule has 0 bridgehead atoms. The van der Waals surface area contributed by atoms with E-state index in [-0.39, 0.29) is 11.5 Å². The van der Waals surface area contributed by atoms with Crippen molar-refractivity contribution in [3.8, 4) is 5.75 Å². The predicted octanol–water partition coefficient (Wildman–Crippen LogP) is 3.89. The third-order valence-electron chi connectivity index (χ3n) is 5.37. The Labute approximate surface area is 175 Å². The first kappa shape index (κ1) is 19.9. The van der Waals surface area contributed by atoms with Gasteiger partial charge in [0.2, 0.25) is 0 Å². The van der Waals surface area contributed by atoms with Crippen LogP contribution in [0.15, 0.2) is 53.3 Å². The molecule has 0 radical (unpaired) electrons. The minimum absolute atomic E-state index is 0.0650. The molecule has 30 heavy (non-hydrogen) atoms. The zero-order valence-corrected chi connectivity index (χ0v) is 17.0. The van der Waals surface area contributed by atoms with Crippen LogP contribution in [0.25, 0.3) is 0 Å². The van der Waals surface area contributed by atoms with Crippen molar-refractivity contribution in [1.82, 2.24) is 10.2 Å². The molecule has 0 fully saturated rings. The third kappa shape index (κ3) is 4.43. The summed E-state index contributed by atoms with van der Waals surface area (Å²) in [7, 11) is 0. The van der Waals surface area contributed by atoms with Crippen molar-refractivity contribution in [3.63, 3.8) is 0 Å². The Morgan fingerprint density at radius 2 is 1.87 bits per heavy atom. The van der Waals surface area contributed by atoms with Gasteiger partial charge in [-0.2, -0.15) is 5.10 Å². The lowest BCUT2D eigenvalue weighted by Gasteiger charge is -2.17. The fraction of sp³-hybridized carbons (Fsp3) is 0.292. The number of hydrogen-bond acceptors (Lipinski definition) is 4. The monoisotopic (exact) mass is 403 g/mol. The average Bonchev–Trinajstić information content (AvgIpc) is 2.77. The first-order valence-corrected chi connectivity index (χ1v) is 10.4. The molecule has 0 atom stereocenters. The second-order valence-electron chi connectivity index (χ2n) is 7.45. The number of aromatic nitrogens is 2. The largest absolute Gasteiger partial charge is 0.494 e. The second kappa shape index (κ2) is 8.95. The van der Waals surface area contributed by atoms with Crippen LogP contribution in [0.3, 0.4) is 0 Å². The van der Waals surface area contributed by atoms with Gasteiger partial charge in [0.05, 0.1) is 12.3 Å². The summed E-state index contributed by atoms with van der Waals surface area (Å²) in [5, 5.41) is 9.91. The van der Waals surface area contributed by atoms with Crippen LogP contribution in [-0.4, -0.2) is 22.7 Å². The topological polar surface area (TPSA) is 84.1 Å². The molecule has 2 N–H and O–H groups in total. The zero-order chi connectivity index (χ0) is 20.9. The van der Waals surface area contributed by atoms with Crippen LogP contribution in [0.1, 0.15) is 52.5 Å². The van der Waals surface area contributed by atoms with Crippen LogP contribution in [0.4, 0.5) is 5.69 Å². The van der Waals surface area contributed by atoms with Crippen LogP contribution in [0.5, 0.6) is 5.75 Å². The van der Waals surface area contributed by atoms with E-state index in [0.717, 1.165) is 59.5 Å². The number of hydrogen-bond donors (Lipinski definition) is 2. The smallest absolute Gasteiger partial charge is 0.267 e. The number of carbonyl (C=O) groups is 1. The molecule has 3 aromatic rings. The SMILES string of the molecule is CCOc1ccc(C(=O)Nc2cccc(Cc3n[nH]c(=O)c4c3CCCC4)c2)cc1. The van der Waals surface area contributed by atoms with Gasteiger partial charge in [0, 0.05) is 23.2 Å². The minimum Gasteiger partial charge on any atom is -0.494 e. The fourth-order valence-electron chi connectivity index (χ4n) is 3.90.